The van der Waals surface area contributed by atoms with Crippen LogP contribution in [-0.4, -0.2) is 22.9 Å². The van der Waals surface area contributed by atoms with E-state index in [9.17, 15) is 9.90 Å². The molecule has 0 aliphatic rings. The number of phenolic OH excluding ortho intramolecular Hbond substituents is 1. The van der Waals surface area contributed by atoms with Gasteiger partial charge in [0.05, 0.1) is 5.02 Å². The molecule has 2 N–H and O–H groups in total. The van der Waals surface area contributed by atoms with Crippen LogP contribution in [0, 0.1) is 5.92 Å². The summed E-state index contributed by atoms with van der Waals surface area (Å²) in [5.41, 5.74) is 0.429. The van der Waals surface area contributed by atoms with Crippen LogP contribution in [0.3, 0.4) is 0 Å². The van der Waals surface area contributed by atoms with E-state index >= 15 is 0 Å². The van der Waals surface area contributed by atoms with Crippen molar-refractivity contribution >= 4 is 29.1 Å². The number of hydrogen-bond donors (Lipinski definition) is 2. The minimum atomic E-state index is -0.208. The quantitative estimate of drug-likeness (QED) is 0.816. The molecular formula is C13H17Cl2NO2. The number of nitrogens with one attached hydrogen (secondary N) is 1. The van der Waals surface area contributed by atoms with Gasteiger partial charge < -0.3 is 10.4 Å². The molecule has 0 saturated carbocycles. The van der Waals surface area contributed by atoms with Crippen molar-refractivity contribution in [3.05, 3.63) is 28.8 Å². The van der Waals surface area contributed by atoms with E-state index < -0.39 is 0 Å². The van der Waals surface area contributed by atoms with Crippen LogP contribution in [0.25, 0.3) is 0 Å². The number of aromatic hydroxyl groups is 1. The van der Waals surface area contributed by atoms with Gasteiger partial charge in [0.1, 0.15) is 5.75 Å². The van der Waals surface area contributed by atoms with Gasteiger partial charge in [-0.2, -0.15) is 0 Å². The molecule has 1 aromatic rings. The highest BCUT2D eigenvalue weighted by Crippen LogP contribution is 2.23. The van der Waals surface area contributed by atoms with Gasteiger partial charge in [0.15, 0.2) is 0 Å². The van der Waals surface area contributed by atoms with E-state index in [2.05, 4.69) is 5.32 Å². The van der Waals surface area contributed by atoms with E-state index in [1.165, 1.54) is 18.2 Å². The van der Waals surface area contributed by atoms with Gasteiger partial charge in [0.25, 0.3) is 5.91 Å². The monoisotopic (exact) mass is 289 g/mol. The van der Waals surface area contributed by atoms with Crippen LogP contribution in [0.1, 0.15) is 30.6 Å². The Labute approximate surface area is 117 Å². The summed E-state index contributed by atoms with van der Waals surface area (Å²) < 4.78 is 0. The molecule has 18 heavy (non-hydrogen) atoms. The molecule has 1 aromatic carbocycles. The smallest absolute Gasteiger partial charge is 0.251 e. The van der Waals surface area contributed by atoms with Gasteiger partial charge in [-0.05, 0) is 30.5 Å². The van der Waals surface area contributed by atoms with Crippen molar-refractivity contribution in [1.29, 1.82) is 0 Å². The molecule has 100 valence electrons. The van der Waals surface area contributed by atoms with Gasteiger partial charge in [-0.1, -0.05) is 25.4 Å². The molecule has 0 saturated heterocycles. The standard InChI is InChI=1S/C13H17Cl2NO2/c1-8(2)11(5-6-14)16-13(18)9-3-4-12(17)10(15)7-9/h3-4,7-8,11,17H,5-6H2,1-2H3,(H,16,18). The normalized spacial score (nSPS) is 12.5. The number of benzene rings is 1. The summed E-state index contributed by atoms with van der Waals surface area (Å²) in [5, 5.41) is 12.4. The van der Waals surface area contributed by atoms with Crippen LogP contribution in [0.4, 0.5) is 0 Å². The molecule has 3 nitrogen and oxygen atoms in total. The number of alkyl halides is 1. The van der Waals surface area contributed by atoms with Gasteiger partial charge >= 0.3 is 0 Å². The van der Waals surface area contributed by atoms with E-state index in [4.69, 9.17) is 23.2 Å². The summed E-state index contributed by atoms with van der Waals surface area (Å²) in [6, 6.07) is 4.42. The zero-order chi connectivity index (χ0) is 13.7. The highest BCUT2D eigenvalue weighted by molar-refractivity contribution is 6.32. The molecule has 0 heterocycles. The van der Waals surface area contributed by atoms with E-state index in [0.29, 0.717) is 17.4 Å². The molecule has 0 aromatic heterocycles. The molecule has 0 aliphatic heterocycles. The number of carbonyl (C=O) groups excluding carboxylic acids is 1. The maximum Gasteiger partial charge on any atom is 0.251 e. The van der Waals surface area contributed by atoms with Crippen molar-refractivity contribution in [2.45, 2.75) is 26.3 Å². The van der Waals surface area contributed by atoms with Crippen molar-refractivity contribution < 1.29 is 9.90 Å². The highest BCUT2D eigenvalue weighted by Gasteiger charge is 2.17. The molecule has 1 atom stereocenters. The molecule has 1 rings (SSSR count). The number of amides is 1. The minimum Gasteiger partial charge on any atom is -0.506 e. The van der Waals surface area contributed by atoms with E-state index in [1.54, 1.807) is 0 Å². The first kappa shape index (κ1) is 15.1. The van der Waals surface area contributed by atoms with Crippen LogP contribution >= 0.6 is 23.2 Å². The number of rotatable bonds is 5. The Hall–Kier alpha value is -0.930. The van der Waals surface area contributed by atoms with E-state index in [0.717, 1.165) is 6.42 Å². The molecule has 1 amide bonds. The van der Waals surface area contributed by atoms with Crippen LogP contribution in [0.5, 0.6) is 5.75 Å². The minimum absolute atomic E-state index is 0.0302. The van der Waals surface area contributed by atoms with Crippen molar-refractivity contribution in [2.75, 3.05) is 5.88 Å². The van der Waals surface area contributed by atoms with E-state index in [-0.39, 0.29) is 22.7 Å². The van der Waals surface area contributed by atoms with Crippen molar-refractivity contribution in [3.8, 4) is 5.75 Å². The molecular weight excluding hydrogens is 273 g/mol. The van der Waals surface area contributed by atoms with Gasteiger partial charge in [0, 0.05) is 17.5 Å². The molecule has 1 unspecified atom stereocenters. The van der Waals surface area contributed by atoms with Crippen LogP contribution in [0.15, 0.2) is 18.2 Å². The molecule has 5 heteroatoms. The van der Waals surface area contributed by atoms with Crippen molar-refractivity contribution in [2.24, 2.45) is 5.92 Å². The molecule has 0 aliphatic carbocycles. The highest BCUT2D eigenvalue weighted by atomic mass is 35.5. The summed E-state index contributed by atoms with van der Waals surface area (Å²) >= 11 is 11.5. The molecule has 0 radical (unpaired) electrons. The summed E-state index contributed by atoms with van der Waals surface area (Å²) in [7, 11) is 0. The number of phenols is 1. The Morgan fingerprint density at radius 1 is 1.44 bits per heavy atom. The summed E-state index contributed by atoms with van der Waals surface area (Å²) in [5.74, 6) is 0.565. The summed E-state index contributed by atoms with van der Waals surface area (Å²) in [6.07, 6.45) is 0.719. The third kappa shape index (κ3) is 4.07. The largest absolute Gasteiger partial charge is 0.506 e. The lowest BCUT2D eigenvalue weighted by atomic mass is 10.0. The average molecular weight is 290 g/mol. The lowest BCUT2D eigenvalue weighted by molar-refractivity contribution is 0.0925. The Morgan fingerprint density at radius 2 is 2.11 bits per heavy atom. The predicted octanol–water partition coefficient (Wildman–Crippen LogP) is 3.43. The first-order valence-corrected chi connectivity index (χ1v) is 6.72. The zero-order valence-electron chi connectivity index (χ0n) is 10.4. The second-order valence-corrected chi connectivity index (χ2v) is 5.25. The summed E-state index contributed by atoms with van der Waals surface area (Å²) in [6.45, 7) is 4.06. The topological polar surface area (TPSA) is 49.3 Å². The average Bonchev–Trinajstić information content (AvgIpc) is 2.31. The molecule has 0 spiro atoms. The first-order chi connectivity index (χ1) is 8.45. The van der Waals surface area contributed by atoms with Crippen molar-refractivity contribution in [1.82, 2.24) is 5.32 Å². The van der Waals surface area contributed by atoms with Gasteiger partial charge in [0.2, 0.25) is 0 Å². The van der Waals surface area contributed by atoms with Crippen molar-refractivity contribution in [3.63, 3.8) is 0 Å². The third-order valence-corrected chi connectivity index (χ3v) is 3.27. The zero-order valence-corrected chi connectivity index (χ0v) is 11.9. The van der Waals surface area contributed by atoms with Crippen LogP contribution < -0.4 is 5.32 Å². The van der Waals surface area contributed by atoms with Crippen LogP contribution in [-0.2, 0) is 0 Å². The fourth-order valence-corrected chi connectivity index (χ4v) is 2.01. The Bertz CT molecular complexity index is 421. The van der Waals surface area contributed by atoms with Gasteiger partial charge in [-0.15, -0.1) is 11.6 Å². The fraction of sp³-hybridized carbons (Fsp3) is 0.462. The lowest BCUT2D eigenvalue weighted by Crippen LogP contribution is -2.38. The number of halogens is 2. The molecule has 0 bridgehead atoms. The Kier molecular flexibility index (Phi) is 5.76. The Morgan fingerprint density at radius 3 is 2.61 bits per heavy atom. The number of carbonyl (C=O) groups is 1. The van der Waals surface area contributed by atoms with Crippen LogP contribution in [0.2, 0.25) is 5.02 Å². The van der Waals surface area contributed by atoms with Gasteiger partial charge in [-0.25, -0.2) is 0 Å². The maximum absolute atomic E-state index is 12.0. The summed E-state index contributed by atoms with van der Waals surface area (Å²) in [4.78, 5) is 12.0. The lowest BCUT2D eigenvalue weighted by Gasteiger charge is -2.21. The second-order valence-electron chi connectivity index (χ2n) is 4.47. The first-order valence-electron chi connectivity index (χ1n) is 5.81. The van der Waals surface area contributed by atoms with Gasteiger partial charge in [-0.3, -0.25) is 4.79 Å². The maximum atomic E-state index is 12.0. The fourth-order valence-electron chi connectivity index (χ4n) is 1.59. The van der Waals surface area contributed by atoms with E-state index in [1.807, 2.05) is 13.8 Å². The number of hydrogen-bond acceptors (Lipinski definition) is 2. The predicted molar refractivity (Wildman–Crippen MR) is 74.5 cm³/mol. The third-order valence-electron chi connectivity index (χ3n) is 2.75. The molecule has 0 fully saturated rings. The SMILES string of the molecule is CC(C)C(CCCl)NC(=O)c1ccc(O)c(Cl)c1. The Balaban J connectivity index is 2.77. The second kappa shape index (κ2) is 6.86.